The number of hydrogen-bond donors (Lipinski definition) is 1. The summed E-state index contributed by atoms with van der Waals surface area (Å²) >= 11 is 0. The first-order valence-corrected chi connectivity index (χ1v) is 13.6. The van der Waals surface area contributed by atoms with Gasteiger partial charge in [-0.2, -0.15) is 0 Å². The summed E-state index contributed by atoms with van der Waals surface area (Å²) in [6.07, 6.45) is 1.40. The largest absolute Gasteiger partial charge is 0.497 e. The standard InChI is InChI=1S/C24H26N2O5S2/c1-18-6-3-4-7-20(18)17-32(27,28)25-21-10-9-19-8-5-15-26(24(19)16-21)33(29,30)23-13-11-22(31-2)12-14-23/h3-4,6-7,9-14,16,25H,5,8,15,17H2,1-2H3. The van der Waals surface area contributed by atoms with Crippen LogP contribution in [-0.4, -0.2) is 30.5 Å². The number of benzene rings is 3. The van der Waals surface area contributed by atoms with Crippen molar-refractivity contribution < 1.29 is 21.6 Å². The van der Waals surface area contributed by atoms with Crippen LogP contribution in [0.1, 0.15) is 23.1 Å². The van der Waals surface area contributed by atoms with Crippen molar-refractivity contribution in [3.63, 3.8) is 0 Å². The first kappa shape index (κ1) is 23.1. The Balaban J connectivity index is 1.63. The third kappa shape index (κ3) is 4.99. The molecule has 1 aliphatic heterocycles. The highest BCUT2D eigenvalue weighted by Gasteiger charge is 2.29. The maximum absolute atomic E-state index is 13.4. The van der Waals surface area contributed by atoms with Gasteiger partial charge in [0.15, 0.2) is 0 Å². The molecule has 0 saturated heterocycles. The number of anilines is 2. The molecule has 0 amide bonds. The Bertz CT molecular complexity index is 1370. The molecule has 0 unspecified atom stereocenters. The summed E-state index contributed by atoms with van der Waals surface area (Å²) in [6, 6.07) is 18.6. The molecule has 4 rings (SSSR count). The molecule has 1 aliphatic rings. The predicted octanol–water partition coefficient (Wildman–Crippen LogP) is 4.09. The van der Waals surface area contributed by atoms with Crippen LogP contribution < -0.4 is 13.8 Å². The van der Waals surface area contributed by atoms with Crippen LogP contribution in [0.15, 0.2) is 71.6 Å². The number of hydrogen-bond acceptors (Lipinski definition) is 5. The normalized spacial score (nSPS) is 13.9. The summed E-state index contributed by atoms with van der Waals surface area (Å²) < 4.78 is 61.4. The summed E-state index contributed by atoms with van der Waals surface area (Å²) in [6.45, 7) is 2.19. The number of ether oxygens (including phenoxy) is 1. The van der Waals surface area contributed by atoms with Crippen molar-refractivity contribution in [1.82, 2.24) is 0 Å². The van der Waals surface area contributed by atoms with Crippen LogP contribution in [-0.2, 0) is 32.2 Å². The Labute approximate surface area is 195 Å². The summed E-state index contributed by atoms with van der Waals surface area (Å²) in [5.41, 5.74) is 3.30. The molecule has 0 aromatic heterocycles. The van der Waals surface area contributed by atoms with Crippen LogP contribution in [0.2, 0.25) is 0 Å². The van der Waals surface area contributed by atoms with E-state index in [1.165, 1.54) is 23.5 Å². The molecule has 9 heteroatoms. The minimum atomic E-state index is -3.81. The zero-order valence-electron chi connectivity index (χ0n) is 18.5. The van der Waals surface area contributed by atoms with Crippen LogP contribution in [0.3, 0.4) is 0 Å². The molecule has 3 aromatic rings. The predicted molar refractivity (Wildman–Crippen MR) is 130 cm³/mol. The smallest absolute Gasteiger partial charge is 0.264 e. The van der Waals surface area contributed by atoms with Gasteiger partial charge in [-0.25, -0.2) is 16.8 Å². The third-order valence-electron chi connectivity index (χ3n) is 5.69. The highest BCUT2D eigenvalue weighted by atomic mass is 32.2. The molecule has 0 atom stereocenters. The fraction of sp³-hybridized carbons (Fsp3) is 0.250. The average Bonchev–Trinajstić information content (AvgIpc) is 2.79. The molecule has 7 nitrogen and oxygen atoms in total. The minimum Gasteiger partial charge on any atom is -0.497 e. The first-order valence-electron chi connectivity index (χ1n) is 10.5. The van der Waals surface area contributed by atoms with Gasteiger partial charge in [-0.1, -0.05) is 30.3 Å². The lowest BCUT2D eigenvalue weighted by molar-refractivity contribution is 0.414. The van der Waals surface area contributed by atoms with Gasteiger partial charge in [-0.05, 0) is 72.9 Å². The van der Waals surface area contributed by atoms with E-state index in [0.29, 0.717) is 35.7 Å². The van der Waals surface area contributed by atoms with Gasteiger partial charge in [0.25, 0.3) is 10.0 Å². The number of sulfonamides is 2. The van der Waals surface area contributed by atoms with Gasteiger partial charge in [-0.3, -0.25) is 9.03 Å². The second-order valence-corrected chi connectivity index (χ2v) is 11.6. The number of nitrogens with one attached hydrogen (secondary N) is 1. The summed E-state index contributed by atoms with van der Waals surface area (Å²) in [5, 5.41) is 0. The molecular weight excluding hydrogens is 460 g/mol. The molecule has 0 fully saturated rings. The SMILES string of the molecule is COc1ccc(S(=O)(=O)N2CCCc3ccc(NS(=O)(=O)Cc4ccccc4C)cc32)cc1. The summed E-state index contributed by atoms with van der Waals surface area (Å²) in [7, 11) is -5.98. The van der Waals surface area contributed by atoms with E-state index in [9.17, 15) is 16.8 Å². The molecule has 3 aromatic carbocycles. The summed E-state index contributed by atoms with van der Waals surface area (Å²) in [5.74, 6) is 0.406. The number of fused-ring (bicyclic) bond motifs is 1. The molecule has 0 aliphatic carbocycles. The van der Waals surface area contributed by atoms with E-state index in [2.05, 4.69) is 4.72 Å². The fourth-order valence-corrected chi connectivity index (χ4v) is 6.75. The Morgan fingerprint density at radius 2 is 1.70 bits per heavy atom. The van der Waals surface area contributed by atoms with E-state index in [1.54, 1.807) is 42.5 Å². The average molecular weight is 487 g/mol. The van der Waals surface area contributed by atoms with Gasteiger partial charge < -0.3 is 4.74 Å². The van der Waals surface area contributed by atoms with E-state index < -0.39 is 20.0 Å². The van der Waals surface area contributed by atoms with Crippen LogP contribution >= 0.6 is 0 Å². The Morgan fingerprint density at radius 1 is 0.970 bits per heavy atom. The van der Waals surface area contributed by atoms with Gasteiger partial charge >= 0.3 is 0 Å². The van der Waals surface area contributed by atoms with Gasteiger partial charge in [0, 0.05) is 6.54 Å². The van der Waals surface area contributed by atoms with Crippen molar-refractivity contribution in [2.24, 2.45) is 0 Å². The van der Waals surface area contributed by atoms with Crippen molar-refractivity contribution in [2.45, 2.75) is 30.4 Å². The van der Waals surface area contributed by atoms with Crippen LogP contribution in [0, 0.1) is 6.92 Å². The second-order valence-electron chi connectivity index (χ2n) is 7.99. The molecule has 1 heterocycles. The van der Waals surface area contributed by atoms with Gasteiger partial charge in [0.05, 0.1) is 29.1 Å². The topological polar surface area (TPSA) is 92.8 Å². The van der Waals surface area contributed by atoms with E-state index in [0.717, 1.165) is 17.5 Å². The third-order valence-corrected chi connectivity index (χ3v) is 8.75. The van der Waals surface area contributed by atoms with Gasteiger partial charge in [-0.15, -0.1) is 0 Å². The number of methoxy groups -OCH3 is 1. The quantitative estimate of drug-likeness (QED) is 0.543. The molecule has 174 valence electrons. The summed E-state index contributed by atoms with van der Waals surface area (Å²) in [4.78, 5) is 0.154. The zero-order chi connectivity index (χ0) is 23.6. The maximum atomic E-state index is 13.4. The minimum absolute atomic E-state index is 0.154. The van der Waals surface area contributed by atoms with Crippen molar-refractivity contribution in [3.05, 3.63) is 83.4 Å². The Hall–Kier alpha value is -3.04. The maximum Gasteiger partial charge on any atom is 0.264 e. The fourth-order valence-electron chi connectivity index (χ4n) is 3.92. The van der Waals surface area contributed by atoms with E-state index in [4.69, 9.17) is 4.74 Å². The number of nitrogens with zero attached hydrogens (tertiary/aromatic N) is 1. The lowest BCUT2D eigenvalue weighted by Gasteiger charge is -2.31. The van der Waals surface area contributed by atoms with Crippen molar-refractivity contribution in [1.29, 1.82) is 0 Å². The van der Waals surface area contributed by atoms with Gasteiger partial charge in [0.1, 0.15) is 5.75 Å². The van der Waals surface area contributed by atoms with Crippen molar-refractivity contribution >= 4 is 31.4 Å². The van der Waals surface area contributed by atoms with Crippen molar-refractivity contribution in [2.75, 3.05) is 22.7 Å². The zero-order valence-corrected chi connectivity index (χ0v) is 20.1. The Morgan fingerprint density at radius 3 is 2.39 bits per heavy atom. The molecule has 0 bridgehead atoms. The van der Waals surface area contributed by atoms with E-state index in [-0.39, 0.29) is 10.6 Å². The molecule has 0 saturated carbocycles. The highest BCUT2D eigenvalue weighted by molar-refractivity contribution is 7.93. The van der Waals surface area contributed by atoms with Crippen LogP contribution in [0.4, 0.5) is 11.4 Å². The second kappa shape index (κ2) is 9.07. The number of rotatable bonds is 7. The lowest BCUT2D eigenvalue weighted by Crippen LogP contribution is -2.35. The first-order chi connectivity index (χ1) is 15.7. The number of aryl methyl sites for hydroxylation is 2. The molecule has 0 radical (unpaired) electrons. The van der Waals surface area contributed by atoms with Gasteiger partial charge in [0.2, 0.25) is 10.0 Å². The monoisotopic (exact) mass is 486 g/mol. The van der Waals surface area contributed by atoms with E-state index >= 15 is 0 Å². The van der Waals surface area contributed by atoms with Crippen LogP contribution in [0.5, 0.6) is 5.75 Å². The van der Waals surface area contributed by atoms with Crippen LogP contribution in [0.25, 0.3) is 0 Å². The molecular formula is C24H26N2O5S2. The molecule has 1 N–H and O–H groups in total. The molecule has 0 spiro atoms. The highest BCUT2D eigenvalue weighted by Crippen LogP contribution is 2.35. The molecule has 33 heavy (non-hydrogen) atoms. The van der Waals surface area contributed by atoms with E-state index in [1.807, 2.05) is 19.1 Å². The lowest BCUT2D eigenvalue weighted by atomic mass is 10.0. The Kier molecular flexibility index (Phi) is 6.36. The van der Waals surface area contributed by atoms with Crippen molar-refractivity contribution in [3.8, 4) is 5.75 Å².